The number of aliphatic hydroxyl groups excluding tert-OH is 1. The Morgan fingerprint density at radius 2 is 2.24 bits per heavy atom. The van der Waals surface area contributed by atoms with Gasteiger partial charge in [0.15, 0.2) is 0 Å². The molecule has 1 aromatic heterocycles. The molecule has 0 saturated carbocycles. The monoisotopic (exact) mass is 232 g/mol. The molecule has 1 amide bonds. The number of nitrogens with zero attached hydrogens (tertiary/aromatic N) is 2. The van der Waals surface area contributed by atoms with Crippen molar-refractivity contribution in [1.82, 2.24) is 9.88 Å². The molecule has 0 unspecified atom stereocenters. The molecular formula is C13H16N2O2. The van der Waals surface area contributed by atoms with Gasteiger partial charge < -0.3 is 10.0 Å². The lowest BCUT2D eigenvalue weighted by molar-refractivity contribution is -0.127. The summed E-state index contributed by atoms with van der Waals surface area (Å²) in [6.07, 6.45) is 7.84. The van der Waals surface area contributed by atoms with Crippen molar-refractivity contribution in [2.75, 3.05) is 13.1 Å². The Morgan fingerprint density at radius 1 is 1.47 bits per heavy atom. The van der Waals surface area contributed by atoms with Gasteiger partial charge >= 0.3 is 0 Å². The van der Waals surface area contributed by atoms with E-state index in [1.807, 2.05) is 12.1 Å². The Kier molecular flexibility index (Phi) is 3.88. The number of amides is 1. The lowest BCUT2D eigenvalue weighted by Gasteiger charge is -2.28. The van der Waals surface area contributed by atoms with Gasteiger partial charge in [-0.1, -0.05) is 6.07 Å². The van der Waals surface area contributed by atoms with Crippen molar-refractivity contribution in [3.8, 4) is 0 Å². The highest BCUT2D eigenvalue weighted by Gasteiger charge is 2.19. The van der Waals surface area contributed by atoms with E-state index < -0.39 is 0 Å². The first-order chi connectivity index (χ1) is 8.25. The second-order valence-corrected chi connectivity index (χ2v) is 4.18. The van der Waals surface area contributed by atoms with Gasteiger partial charge in [0.25, 0.3) is 0 Å². The number of carbonyl (C=O) groups excluding carboxylic acids is 1. The number of aromatic nitrogens is 1. The summed E-state index contributed by atoms with van der Waals surface area (Å²) >= 11 is 0. The molecule has 0 atom stereocenters. The van der Waals surface area contributed by atoms with Crippen molar-refractivity contribution in [3.63, 3.8) is 0 Å². The van der Waals surface area contributed by atoms with Crippen LogP contribution in [0.25, 0.3) is 6.08 Å². The first-order valence-electron chi connectivity index (χ1n) is 5.81. The van der Waals surface area contributed by atoms with Crippen LogP contribution in [0.5, 0.6) is 0 Å². The zero-order valence-electron chi connectivity index (χ0n) is 9.62. The molecule has 1 fully saturated rings. The molecule has 0 aromatic carbocycles. The Hall–Kier alpha value is -1.68. The van der Waals surface area contributed by atoms with Crippen molar-refractivity contribution in [3.05, 3.63) is 36.2 Å². The predicted octanol–water partition coefficient (Wildman–Crippen LogP) is 1.08. The van der Waals surface area contributed by atoms with Crippen molar-refractivity contribution >= 4 is 12.0 Å². The minimum atomic E-state index is -0.249. The second kappa shape index (κ2) is 5.59. The Bertz CT molecular complexity index is 395. The van der Waals surface area contributed by atoms with Gasteiger partial charge in [-0.2, -0.15) is 0 Å². The molecule has 4 heteroatoms. The number of rotatable bonds is 2. The summed E-state index contributed by atoms with van der Waals surface area (Å²) in [5, 5.41) is 9.35. The van der Waals surface area contributed by atoms with Crippen LogP contribution in [0, 0.1) is 0 Å². The van der Waals surface area contributed by atoms with E-state index in [1.54, 1.807) is 29.4 Å². The molecule has 1 N–H and O–H groups in total. The lowest BCUT2D eigenvalue weighted by atomic mass is 10.1. The second-order valence-electron chi connectivity index (χ2n) is 4.18. The third kappa shape index (κ3) is 3.39. The van der Waals surface area contributed by atoms with Gasteiger partial charge in [0.05, 0.1) is 6.10 Å². The quantitative estimate of drug-likeness (QED) is 0.776. The molecule has 0 bridgehead atoms. The average Bonchev–Trinajstić information content (AvgIpc) is 2.38. The average molecular weight is 232 g/mol. The highest BCUT2D eigenvalue weighted by molar-refractivity contribution is 5.91. The Labute approximate surface area is 101 Å². The fraction of sp³-hybridized carbons (Fsp3) is 0.385. The molecule has 1 aliphatic heterocycles. The summed E-state index contributed by atoms with van der Waals surface area (Å²) in [7, 11) is 0. The van der Waals surface area contributed by atoms with Crippen molar-refractivity contribution in [2.24, 2.45) is 0 Å². The standard InChI is InChI=1S/C13H16N2O2/c16-12-5-8-15(9-6-12)13(17)4-3-11-2-1-7-14-10-11/h1-4,7,10,12,16H,5-6,8-9H2/b4-3+. The van der Waals surface area contributed by atoms with Gasteiger partial charge in [0.1, 0.15) is 0 Å². The molecule has 17 heavy (non-hydrogen) atoms. The highest BCUT2D eigenvalue weighted by Crippen LogP contribution is 2.10. The highest BCUT2D eigenvalue weighted by atomic mass is 16.3. The van der Waals surface area contributed by atoms with Crippen LogP contribution in [0.4, 0.5) is 0 Å². The maximum atomic E-state index is 11.8. The van der Waals surface area contributed by atoms with Crippen LogP contribution in [0.2, 0.25) is 0 Å². The molecule has 90 valence electrons. The number of carbonyl (C=O) groups is 1. The molecule has 0 spiro atoms. The summed E-state index contributed by atoms with van der Waals surface area (Å²) in [6, 6.07) is 3.73. The normalized spacial score (nSPS) is 17.6. The Morgan fingerprint density at radius 3 is 2.88 bits per heavy atom. The van der Waals surface area contributed by atoms with Crippen LogP contribution in [-0.4, -0.2) is 40.1 Å². The maximum absolute atomic E-state index is 11.8. The number of hydrogen-bond donors (Lipinski definition) is 1. The van der Waals surface area contributed by atoms with Crippen LogP contribution in [-0.2, 0) is 4.79 Å². The third-order valence-electron chi connectivity index (χ3n) is 2.88. The fourth-order valence-electron chi connectivity index (χ4n) is 1.83. The minimum absolute atomic E-state index is 0.000697. The van der Waals surface area contributed by atoms with Gasteiger partial charge in [-0.15, -0.1) is 0 Å². The van der Waals surface area contributed by atoms with Crippen molar-refractivity contribution in [1.29, 1.82) is 0 Å². The van der Waals surface area contributed by atoms with E-state index in [0.717, 1.165) is 5.56 Å². The molecule has 0 radical (unpaired) electrons. The van der Waals surface area contributed by atoms with E-state index in [0.29, 0.717) is 25.9 Å². The largest absolute Gasteiger partial charge is 0.393 e. The molecule has 1 saturated heterocycles. The minimum Gasteiger partial charge on any atom is -0.393 e. The molecule has 2 rings (SSSR count). The first kappa shape index (κ1) is 11.8. The van der Waals surface area contributed by atoms with Gasteiger partial charge in [0, 0.05) is 31.6 Å². The van der Waals surface area contributed by atoms with Crippen LogP contribution in [0.15, 0.2) is 30.6 Å². The van der Waals surface area contributed by atoms with E-state index in [1.165, 1.54) is 0 Å². The van der Waals surface area contributed by atoms with E-state index >= 15 is 0 Å². The van der Waals surface area contributed by atoms with Crippen LogP contribution < -0.4 is 0 Å². The summed E-state index contributed by atoms with van der Waals surface area (Å²) in [6.45, 7) is 1.27. The zero-order valence-corrected chi connectivity index (χ0v) is 9.62. The molecule has 1 aromatic rings. The summed E-state index contributed by atoms with van der Waals surface area (Å²) in [5.41, 5.74) is 0.915. The fourth-order valence-corrected chi connectivity index (χ4v) is 1.83. The van der Waals surface area contributed by atoms with Gasteiger partial charge in [-0.3, -0.25) is 9.78 Å². The predicted molar refractivity (Wildman–Crippen MR) is 65.1 cm³/mol. The number of likely N-dealkylation sites (tertiary alicyclic amines) is 1. The number of hydrogen-bond acceptors (Lipinski definition) is 3. The molecule has 2 heterocycles. The van der Waals surface area contributed by atoms with E-state index in [4.69, 9.17) is 0 Å². The van der Waals surface area contributed by atoms with Crippen LogP contribution in [0.3, 0.4) is 0 Å². The van der Waals surface area contributed by atoms with E-state index in [9.17, 15) is 9.90 Å². The number of piperidine rings is 1. The third-order valence-corrected chi connectivity index (χ3v) is 2.88. The topological polar surface area (TPSA) is 53.4 Å². The molecular weight excluding hydrogens is 216 g/mol. The zero-order chi connectivity index (χ0) is 12.1. The molecule has 4 nitrogen and oxygen atoms in total. The molecule has 0 aliphatic carbocycles. The maximum Gasteiger partial charge on any atom is 0.246 e. The SMILES string of the molecule is O=C(/C=C/c1cccnc1)N1CCC(O)CC1. The number of aliphatic hydroxyl groups is 1. The number of pyridine rings is 1. The van der Waals surface area contributed by atoms with Crippen LogP contribution in [0.1, 0.15) is 18.4 Å². The van der Waals surface area contributed by atoms with Gasteiger partial charge in [-0.25, -0.2) is 0 Å². The van der Waals surface area contributed by atoms with Crippen molar-refractivity contribution in [2.45, 2.75) is 18.9 Å². The summed E-state index contributed by atoms with van der Waals surface area (Å²) in [5.74, 6) is 0.000697. The Balaban J connectivity index is 1.91. The van der Waals surface area contributed by atoms with Crippen molar-refractivity contribution < 1.29 is 9.90 Å². The summed E-state index contributed by atoms with van der Waals surface area (Å²) < 4.78 is 0. The van der Waals surface area contributed by atoms with Gasteiger partial charge in [-0.05, 0) is 30.5 Å². The van der Waals surface area contributed by atoms with E-state index in [2.05, 4.69) is 4.98 Å². The molecule has 1 aliphatic rings. The van der Waals surface area contributed by atoms with Crippen LogP contribution >= 0.6 is 0 Å². The smallest absolute Gasteiger partial charge is 0.246 e. The van der Waals surface area contributed by atoms with E-state index in [-0.39, 0.29) is 12.0 Å². The van der Waals surface area contributed by atoms with Gasteiger partial charge in [0.2, 0.25) is 5.91 Å². The summed E-state index contributed by atoms with van der Waals surface area (Å²) in [4.78, 5) is 17.6. The lowest BCUT2D eigenvalue weighted by Crippen LogP contribution is -2.39. The first-order valence-corrected chi connectivity index (χ1v) is 5.81.